The van der Waals surface area contributed by atoms with Crippen LogP contribution in [0.5, 0.6) is 0 Å². The topological polar surface area (TPSA) is 73.1 Å². The molecule has 0 bridgehead atoms. The summed E-state index contributed by atoms with van der Waals surface area (Å²) in [6, 6.07) is 0. The van der Waals surface area contributed by atoms with Crippen molar-refractivity contribution >= 4 is 19.8 Å². The molecule has 0 unspecified atom stereocenters. The van der Waals surface area contributed by atoms with Crippen LogP contribution in [-0.4, -0.2) is 31.4 Å². The zero-order chi connectivity index (χ0) is 14.7. The summed E-state index contributed by atoms with van der Waals surface area (Å²) in [5.74, 6) is 1.40. The molecule has 0 aliphatic heterocycles. The Morgan fingerprint density at radius 1 is 1.37 bits per heavy atom. The second-order valence-electron chi connectivity index (χ2n) is 6.26. The Labute approximate surface area is 117 Å². The molecule has 0 amide bonds. The fraction of sp³-hybridized carbons (Fsp3) is 0.692. The first-order valence-electron chi connectivity index (χ1n) is 6.60. The van der Waals surface area contributed by atoms with Crippen LogP contribution in [0.3, 0.4) is 0 Å². The zero-order valence-corrected chi connectivity index (χ0v) is 13.9. The molecule has 5 nitrogen and oxygen atoms in total. The Hall–Kier alpha value is -1.14. The van der Waals surface area contributed by atoms with Gasteiger partial charge in [0.15, 0.2) is 14.1 Å². The minimum atomic E-state index is -1.67. The number of anilines is 2. The van der Waals surface area contributed by atoms with Crippen LogP contribution < -0.4 is 11.1 Å². The van der Waals surface area contributed by atoms with Crippen molar-refractivity contribution in [3.8, 4) is 0 Å². The average Bonchev–Trinajstić information content (AvgIpc) is 2.27. The summed E-state index contributed by atoms with van der Waals surface area (Å²) in [7, 11) is -1.67. The molecule has 108 valence electrons. The highest BCUT2D eigenvalue weighted by atomic mass is 28.4. The summed E-state index contributed by atoms with van der Waals surface area (Å²) in [6.45, 7) is 14.4. The summed E-state index contributed by atoms with van der Waals surface area (Å²) in [6.07, 6.45) is 1.62. The van der Waals surface area contributed by atoms with E-state index in [0.717, 1.165) is 0 Å². The quantitative estimate of drug-likeness (QED) is 0.642. The van der Waals surface area contributed by atoms with Crippen molar-refractivity contribution in [3.05, 3.63) is 12.0 Å². The smallest absolute Gasteiger partial charge is 0.192 e. The van der Waals surface area contributed by atoms with E-state index < -0.39 is 8.32 Å². The zero-order valence-electron chi connectivity index (χ0n) is 12.9. The Morgan fingerprint density at radius 2 is 2.00 bits per heavy atom. The molecule has 0 aliphatic carbocycles. The lowest BCUT2D eigenvalue weighted by Crippen LogP contribution is -2.41. The van der Waals surface area contributed by atoms with Crippen LogP contribution >= 0.6 is 0 Å². The van der Waals surface area contributed by atoms with E-state index in [2.05, 4.69) is 49.1 Å². The molecular weight excluding hydrogens is 256 g/mol. The largest absolute Gasteiger partial charge is 0.415 e. The van der Waals surface area contributed by atoms with E-state index in [4.69, 9.17) is 10.2 Å². The van der Waals surface area contributed by atoms with Crippen molar-refractivity contribution < 1.29 is 4.43 Å². The lowest BCUT2D eigenvalue weighted by Gasteiger charge is -2.36. The fourth-order valence-corrected chi connectivity index (χ4v) is 2.36. The lowest BCUT2D eigenvalue weighted by molar-refractivity contribution is 0.301. The molecule has 0 radical (unpaired) electrons. The van der Waals surface area contributed by atoms with Gasteiger partial charge < -0.3 is 15.5 Å². The molecule has 0 saturated carbocycles. The van der Waals surface area contributed by atoms with E-state index in [9.17, 15) is 0 Å². The first-order chi connectivity index (χ1) is 8.63. The van der Waals surface area contributed by atoms with Gasteiger partial charge in [0.2, 0.25) is 0 Å². The van der Waals surface area contributed by atoms with Gasteiger partial charge in [-0.2, -0.15) is 0 Å². The molecule has 0 atom stereocenters. The van der Waals surface area contributed by atoms with E-state index in [1.807, 2.05) is 6.92 Å². The number of nitrogen functional groups attached to an aromatic ring is 1. The van der Waals surface area contributed by atoms with Gasteiger partial charge in [-0.05, 0) is 25.1 Å². The average molecular weight is 282 g/mol. The van der Waals surface area contributed by atoms with Crippen LogP contribution in [-0.2, 0) is 4.43 Å². The summed E-state index contributed by atoms with van der Waals surface area (Å²) < 4.78 is 6.08. The molecule has 0 aromatic carbocycles. The standard InChI is InChI=1S/C13H26N4OSi/c1-10-16-9-11(14)12(17-10)15-7-8-18-19(5,6)13(2,3)4/h9H,7-8,14H2,1-6H3,(H,15,16,17). The van der Waals surface area contributed by atoms with Crippen molar-refractivity contribution in [2.45, 2.75) is 45.8 Å². The number of rotatable bonds is 5. The normalized spacial score (nSPS) is 12.5. The van der Waals surface area contributed by atoms with Gasteiger partial charge in [-0.15, -0.1) is 0 Å². The number of nitrogens with one attached hydrogen (secondary N) is 1. The fourth-order valence-electron chi connectivity index (χ4n) is 1.31. The van der Waals surface area contributed by atoms with Gasteiger partial charge in [-0.25, -0.2) is 9.97 Å². The van der Waals surface area contributed by atoms with E-state index in [0.29, 0.717) is 30.5 Å². The van der Waals surface area contributed by atoms with Crippen molar-refractivity contribution in [1.82, 2.24) is 9.97 Å². The maximum Gasteiger partial charge on any atom is 0.192 e. The first-order valence-corrected chi connectivity index (χ1v) is 9.51. The first kappa shape index (κ1) is 15.9. The molecule has 1 aromatic rings. The Balaban J connectivity index is 2.45. The van der Waals surface area contributed by atoms with Crippen LogP contribution in [0.4, 0.5) is 11.5 Å². The highest BCUT2D eigenvalue weighted by molar-refractivity contribution is 6.74. The molecule has 19 heavy (non-hydrogen) atoms. The highest BCUT2D eigenvalue weighted by Gasteiger charge is 2.36. The predicted molar refractivity (Wildman–Crippen MR) is 82.8 cm³/mol. The van der Waals surface area contributed by atoms with E-state index in [1.165, 1.54) is 0 Å². The Morgan fingerprint density at radius 3 is 2.58 bits per heavy atom. The van der Waals surface area contributed by atoms with Crippen molar-refractivity contribution in [2.75, 3.05) is 24.2 Å². The van der Waals surface area contributed by atoms with Crippen LogP contribution in [0.15, 0.2) is 6.20 Å². The molecule has 0 spiro atoms. The summed E-state index contributed by atoms with van der Waals surface area (Å²) in [5, 5.41) is 3.43. The molecule has 0 fully saturated rings. The van der Waals surface area contributed by atoms with Gasteiger partial charge in [0.25, 0.3) is 0 Å². The van der Waals surface area contributed by atoms with Crippen LogP contribution in [0.25, 0.3) is 0 Å². The number of aryl methyl sites for hydroxylation is 1. The second kappa shape index (κ2) is 5.88. The molecule has 1 aromatic heterocycles. The van der Waals surface area contributed by atoms with Gasteiger partial charge in [0, 0.05) is 6.54 Å². The van der Waals surface area contributed by atoms with E-state index >= 15 is 0 Å². The van der Waals surface area contributed by atoms with Gasteiger partial charge in [-0.3, -0.25) is 0 Å². The number of nitrogens with zero attached hydrogens (tertiary/aromatic N) is 2. The van der Waals surface area contributed by atoms with E-state index in [-0.39, 0.29) is 5.04 Å². The summed E-state index contributed by atoms with van der Waals surface area (Å²) >= 11 is 0. The second-order valence-corrected chi connectivity index (χ2v) is 11.1. The predicted octanol–water partition coefficient (Wildman–Crippen LogP) is 2.80. The van der Waals surface area contributed by atoms with Crippen LogP contribution in [0.2, 0.25) is 18.1 Å². The summed E-state index contributed by atoms with van der Waals surface area (Å²) in [4.78, 5) is 8.30. The minimum absolute atomic E-state index is 0.234. The molecular formula is C13H26N4OSi. The molecule has 1 rings (SSSR count). The third-order valence-electron chi connectivity index (χ3n) is 3.60. The molecule has 6 heteroatoms. The van der Waals surface area contributed by atoms with Crippen molar-refractivity contribution in [1.29, 1.82) is 0 Å². The Kier molecular flexibility index (Phi) is 4.92. The number of nitrogens with two attached hydrogens (primary N) is 1. The highest BCUT2D eigenvalue weighted by Crippen LogP contribution is 2.36. The molecule has 0 saturated heterocycles. The Bertz CT molecular complexity index is 429. The monoisotopic (exact) mass is 282 g/mol. The lowest BCUT2D eigenvalue weighted by atomic mass is 10.2. The van der Waals surface area contributed by atoms with Gasteiger partial charge in [0.1, 0.15) is 5.82 Å². The third kappa shape index (κ3) is 4.47. The van der Waals surface area contributed by atoms with Gasteiger partial charge >= 0.3 is 0 Å². The van der Waals surface area contributed by atoms with Gasteiger partial charge in [0.05, 0.1) is 18.5 Å². The SMILES string of the molecule is Cc1ncc(N)c(NCCO[Si](C)(C)C(C)(C)C)n1. The number of hydrogen-bond acceptors (Lipinski definition) is 5. The number of aromatic nitrogens is 2. The summed E-state index contributed by atoms with van der Waals surface area (Å²) in [5.41, 5.74) is 6.37. The van der Waals surface area contributed by atoms with E-state index in [1.54, 1.807) is 6.20 Å². The van der Waals surface area contributed by atoms with Crippen LogP contribution in [0, 0.1) is 6.92 Å². The van der Waals surface area contributed by atoms with Crippen LogP contribution in [0.1, 0.15) is 26.6 Å². The van der Waals surface area contributed by atoms with Gasteiger partial charge in [-0.1, -0.05) is 20.8 Å². The maximum absolute atomic E-state index is 6.08. The number of hydrogen-bond donors (Lipinski definition) is 2. The molecule has 1 heterocycles. The minimum Gasteiger partial charge on any atom is -0.415 e. The maximum atomic E-state index is 6.08. The third-order valence-corrected chi connectivity index (χ3v) is 8.14. The van der Waals surface area contributed by atoms with Crippen molar-refractivity contribution in [3.63, 3.8) is 0 Å². The van der Waals surface area contributed by atoms with Crippen molar-refractivity contribution in [2.24, 2.45) is 0 Å². The molecule has 3 N–H and O–H groups in total. The molecule has 0 aliphatic rings.